The van der Waals surface area contributed by atoms with Gasteiger partial charge in [-0.1, -0.05) is 0 Å². The van der Waals surface area contributed by atoms with Crippen molar-refractivity contribution in [3.05, 3.63) is 47.3 Å². The second-order valence-electron chi connectivity index (χ2n) is 7.77. The molecule has 0 aliphatic carbocycles. The maximum Gasteiger partial charge on any atom is 0.260 e. The summed E-state index contributed by atoms with van der Waals surface area (Å²) in [6.07, 6.45) is 0.792. The zero-order valence-corrected chi connectivity index (χ0v) is 22.4. The summed E-state index contributed by atoms with van der Waals surface area (Å²) >= 11 is 1.43. The molecule has 0 bridgehead atoms. The van der Waals surface area contributed by atoms with Crippen molar-refractivity contribution >= 4 is 22.4 Å². The third kappa shape index (κ3) is 6.78. The molecule has 2 aromatic carbocycles. The Bertz CT molecular complexity index is 1080. The number of thiazole rings is 1. The van der Waals surface area contributed by atoms with Crippen LogP contribution >= 0.6 is 11.3 Å². The number of hydrogen-bond acceptors (Lipinski definition) is 8. The summed E-state index contributed by atoms with van der Waals surface area (Å²) in [7, 11) is 10.2. The van der Waals surface area contributed by atoms with Crippen LogP contribution in [0.25, 0.3) is 11.3 Å². The lowest BCUT2D eigenvalue weighted by Crippen LogP contribution is -3.00. The van der Waals surface area contributed by atoms with Crippen molar-refractivity contribution in [1.82, 2.24) is 9.88 Å². The highest BCUT2D eigenvalue weighted by molar-refractivity contribution is 7.14. The molecule has 1 amide bonds. The normalized spacial score (nSPS) is 10.5. The molecular formula is C25H31ClN3O5S-. The van der Waals surface area contributed by atoms with E-state index in [4.69, 9.17) is 23.9 Å². The quantitative estimate of drug-likeness (QED) is 0.379. The van der Waals surface area contributed by atoms with Gasteiger partial charge in [-0.05, 0) is 63.5 Å². The first kappa shape index (κ1) is 28.2. The van der Waals surface area contributed by atoms with Gasteiger partial charge in [0.05, 0.1) is 34.1 Å². The molecule has 0 radical (unpaired) electrons. The van der Waals surface area contributed by atoms with E-state index in [0.29, 0.717) is 34.5 Å². The minimum atomic E-state index is -0.186. The molecule has 190 valence electrons. The number of carbonyl (C=O) groups is 1. The van der Waals surface area contributed by atoms with Crippen molar-refractivity contribution in [3.8, 4) is 34.3 Å². The number of methoxy groups -OCH3 is 4. The molecule has 1 heterocycles. The van der Waals surface area contributed by atoms with Crippen LogP contribution in [0.1, 0.15) is 16.8 Å². The third-order valence-corrected chi connectivity index (χ3v) is 6.12. The van der Waals surface area contributed by atoms with E-state index in [1.54, 1.807) is 24.1 Å². The van der Waals surface area contributed by atoms with Crippen LogP contribution < -0.4 is 36.3 Å². The number of ether oxygens (including phenoxy) is 4. The third-order valence-electron chi connectivity index (χ3n) is 5.25. The van der Waals surface area contributed by atoms with Gasteiger partial charge in [-0.3, -0.25) is 9.69 Å². The van der Waals surface area contributed by atoms with Gasteiger partial charge in [0.2, 0.25) is 5.75 Å². The largest absolute Gasteiger partial charge is 1.00 e. The molecule has 0 atom stereocenters. The summed E-state index contributed by atoms with van der Waals surface area (Å²) in [5.41, 5.74) is 2.19. The van der Waals surface area contributed by atoms with Gasteiger partial charge >= 0.3 is 0 Å². The Kier molecular flexibility index (Phi) is 10.6. The van der Waals surface area contributed by atoms with E-state index in [0.717, 1.165) is 30.0 Å². The van der Waals surface area contributed by atoms with Crippen LogP contribution in [0.2, 0.25) is 0 Å². The highest BCUT2D eigenvalue weighted by Crippen LogP contribution is 2.39. The van der Waals surface area contributed by atoms with Gasteiger partial charge < -0.3 is 36.3 Å². The van der Waals surface area contributed by atoms with E-state index in [2.05, 4.69) is 4.90 Å². The van der Waals surface area contributed by atoms with E-state index < -0.39 is 0 Å². The summed E-state index contributed by atoms with van der Waals surface area (Å²) in [5.74, 6) is 1.89. The molecule has 0 unspecified atom stereocenters. The molecule has 3 rings (SSSR count). The summed E-state index contributed by atoms with van der Waals surface area (Å²) in [5, 5.41) is 2.58. The molecule has 35 heavy (non-hydrogen) atoms. The van der Waals surface area contributed by atoms with Crippen molar-refractivity contribution in [1.29, 1.82) is 0 Å². The minimum Gasteiger partial charge on any atom is -1.00 e. The van der Waals surface area contributed by atoms with Crippen LogP contribution in [-0.2, 0) is 0 Å². The molecule has 8 nitrogen and oxygen atoms in total. The molecule has 0 saturated heterocycles. The predicted molar refractivity (Wildman–Crippen MR) is 135 cm³/mol. The number of nitrogens with zero attached hydrogens (tertiary/aromatic N) is 3. The number of halogens is 1. The van der Waals surface area contributed by atoms with Crippen molar-refractivity contribution < 1.29 is 36.1 Å². The summed E-state index contributed by atoms with van der Waals surface area (Å²) in [6.45, 7) is 1.36. The van der Waals surface area contributed by atoms with E-state index in [9.17, 15) is 4.79 Å². The van der Waals surface area contributed by atoms with Crippen LogP contribution in [0.5, 0.6) is 23.0 Å². The fraction of sp³-hybridized carbons (Fsp3) is 0.360. The molecule has 0 fully saturated rings. The predicted octanol–water partition coefficient (Wildman–Crippen LogP) is 1.45. The molecule has 3 aromatic rings. The standard InChI is InChI=1S/C25H31N3O5S.ClH/c1-27(2)12-7-13-28(24(29)18-14-21(31-4)23(33-6)22(15-18)32-5)25-26-20(16-34-25)17-8-10-19(30-3)11-9-17;/h8-11,14-16H,7,12-13H2,1-6H3;1H/p-1. The Morgan fingerprint density at radius 1 is 0.914 bits per heavy atom. The molecule has 0 N–H and O–H groups in total. The minimum absolute atomic E-state index is 0. The van der Waals surface area contributed by atoms with Crippen LogP contribution in [0, 0.1) is 0 Å². The van der Waals surface area contributed by atoms with Gasteiger partial charge in [0.1, 0.15) is 5.75 Å². The number of benzene rings is 2. The fourth-order valence-electron chi connectivity index (χ4n) is 3.47. The summed E-state index contributed by atoms with van der Waals surface area (Å²) < 4.78 is 21.5. The van der Waals surface area contributed by atoms with E-state index in [1.165, 1.54) is 32.7 Å². The van der Waals surface area contributed by atoms with Gasteiger partial charge in [-0.25, -0.2) is 4.98 Å². The number of amides is 1. The molecule has 0 aliphatic heterocycles. The molecule has 0 aliphatic rings. The molecule has 0 saturated carbocycles. The van der Waals surface area contributed by atoms with Crippen molar-refractivity contribution in [2.45, 2.75) is 6.42 Å². The highest BCUT2D eigenvalue weighted by atomic mass is 35.5. The van der Waals surface area contributed by atoms with Crippen molar-refractivity contribution in [2.24, 2.45) is 0 Å². The second kappa shape index (κ2) is 13.2. The number of anilines is 1. The Labute approximate surface area is 216 Å². The second-order valence-corrected chi connectivity index (χ2v) is 8.61. The SMILES string of the molecule is COc1ccc(-c2csc(N(CCCN(C)C)C(=O)c3cc(OC)c(OC)c(OC)c3)n2)cc1.[Cl-]. The summed E-state index contributed by atoms with van der Waals surface area (Å²) in [4.78, 5) is 22.3. The van der Waals surface area contributed by atoms with Crippen molar-refractivity contribution in [3.63, 3.8) is 0 Å². The Morgan fingerprint density at radius 3 is 2.06 bits per heavy atom. The van der Waals surface area contributed by atoms with Crippen molar-refractivity contribution in [2.75, 3.05) is 60.5 Å². The average Bonchev–Trinajstić information content (AvgIpc) is 3.35. The first-order chi connectivity index (χ1) is 16.4. The summed E-state index contributed by atoms with van der Waals surface area (Å²) in [6, 6.07) is 11.0. The van der Waals surface area contributed by atoms with E-state index >= 15 is 0 Å². The van der Waals surface area contributed by atoms with Gasteiger partial charge in [0, 0.05) is 23.1 Å². The topological polar surface area (TPSA) is 73.4 Å². The lowest BCUT2D eigenvalue weighted by Gasteiger charge is -2.22. The number of rotatable bonds is 11. The Morgan fingerprint density at radius 2 is 1.54 bits per heavy atom. The lowest BCUT2D eigenvalue weighted by atomic mass is 10.1. The number of hydrogen-bond donors (Lipinski definition) is 0. The monoisotopic (exact) mass is 520 g/mol. The zero-order valence-electron chi connectivity index (χ0n) is 20.8. The Hall–Kier alpha value is -3.01. The average molecular weight is 521 g/mol. The van der Waals surface area contributed by atoms with Gasteiger partial charge in [-0.2, -0.15) is 0 Å². The first-order valence-corrected chi connectivity index (χ1v) is 11.7. The zero-order chi connectivity index (χ0) is 24.7. The smallest absolute Gasteiger partial charge is 0.260 e. The highest BCUT2D eigenvalue weighted by Gasteiger charge is 2.24. The maximum absolute atomic E-state index is 13.7. The van der Waals surface area contributed by atoms with Crippen LogP contribution in [0.15, 0.2) is 41.8 Å². The van der Waals surface area contributed by atoms with E-state index in [1.807, 2.05) is 43.7 Å². The van der Waals surface area contributed by atoms with Crippen LogP contribution in [0.4, 0.5) is 5.13 Å². The number of carbonyl (C=O) groups excluding carboxylic acids is 1. The van der Waals surface area contributed by atoms with Gasteiger partial charge in [0.25, 0.3) is 5.91 Å². The number of aromatic nitrogens is 1. The molecule has 10 heteroatoms. The first-order valence-electron chi connectivity index (χ1n) is 10.8. The molecular weight excluding hydrogens is 490 g/mol. The van der Waals surface area contributed by atoms with Crippen LogP contribution in [0.3, 0.4) is 0 Å². The van der Waals surface area contributed by atoms with Gasteiger partial charge in [-0.15, -0.1) is 11.3 Å². The van der Waals surface area contributed by atoms with E-state index in [-0.39, 0.29) is 18.3 Å². The van der Waals surface area contributed by atoms with Gasteiger partial charge in [0.15, 0.2) is 16.6 Å². The Balaban J connectivity index is 0.00000432. The lowest BCUT2D eigenvalue weighted by molar-refractivity contribution is -0.0000156. The fourth-order valence-corrected chi connectivity index (χ4v) is 4.33. The molecule has 0 spiro atoms. The van der Waals surface area contributed by atoms with Crippen LogP contribution in [-0.4, -0.2) is 71.4 Å². The molecule has 1 aromatic heterocycles. The maximum atomic E-state index is 13.7.